The van der Waals surface area contributed by atoms with Crippen molar-refractivity contribution in [3.05, 3.63) is 35.4 Å². The molecule has 3 heteroatoms. The molecule has 0 heterocycles. The van der Waals surface area contributed by atoms with E-state index >= 15 is 0 Å². The van der Waals surface area contributed by atoms with Crippen LogP contribution < -0.4 is 0 Å². The first-order valence-electron chi connectivity index (χ1n) is 5.11. The summed E-state index contributed by atoms with van der Waals surface area (Å²) < 4.78 is 9.50. The Morgan fingerprint density at radius 1 is 0.812 bits per heavy atom. The van der Waals surface area contributed by atoms with Gasteiger partial charge in [0.05, 0.1) is 7.18 Å². The summed E-state index contributed by atoms with van der Waals surface area (Å²) in [5.41, 5.74) is 1.28. The lowest BCUT2D eigenvalue weighted by Gasteiger charge is -1.96. The van der Waals surface area contributed by atoms with Gasteiger partial charge in [-0.1, -0.05) is 38.1 Å². The summed E-state index contributed by atoms with van der Waals surface area (Å²) in [5.74, 6) is 0.0372. The molecule has 90 valence electrons. The Hall–Kier alpha value is -1.51. The highest BCUT2D eigenvalue weighted by atomic mass is 19.1. The Balaban J connectivity index is 0. The molecule has 1 aromatic carbocycles. The number of carbonyl (C=O) groups excluding carboxylic acids is 2. The maximum atomic E-state index is 10.8. The number of alkyl halides is 1. The average molecular weight is 226 g/mol. The van der Waals surface area contributed by atoms with E-state index in [1.54, 1.807) is 24.3 Å². The van der Waals surface area contributed by atoms with E-state index in [-0.39, 0.29) is 11.6 Å². The molecule has 0 fully saturated rings. The van der Waals surface area contributed by atoms with Crippen molar-refractivity contribution in [2.75, 3.05) is 7.18 Å². The third-order valence-corrected chi connectivity index (χ3v) is 1.70. The Bertz CT molecular complexity index is 282. The van der Waals surface area contributed by atoms with E-state index in [1.807, 2.05) is 13.8 Å². The summed E-state index contributed by atoms with van der Waals surface area (Å²) in [4.78, 5) is 21.7. The Morgan fingerprint density at radius 2 is 1.00 bits per heavy atom. The topological polar surface area (TPSA) is 34.1 Å². The van der Waals surface area contributed by atoms with Crippen LogP contribution in [0.3, 0.4) is 0 Å². The average Bonchev–Trinajstić information content (AvgIpc) is 2.34. The molecule has 2 nitrogen and oxygen atoms in total. The number of rotatable bonds is 2. The minimum absolute atomic E-state index is 0.0186. The molecule has 1 aromatic rings. The normalized spacial score (nSPS) is 7.88. The highest BCUT2D eigenvalue weighted by Crippen LogP contribution is 2.05. The zero-order chi connectivity index (χ0) is 13.1. The van der Waals surface area contributed by atoms with E-state index in [0.717, 1.165) is 0 Å². The fourth-order valence-corrected chi connectivity index (χ4v) is 0.940. The van der Waals surface area contributed by atoms with Gasteiger partial charge in [-0.15, -0.1) is 0 Å². The van der Waals surface area contributed by atoms with Crippen LogP contribution in [0.15, 0.2) is 24.3 Å². The summed E-state index contributed by atoms with van der Waals surface area (Å²) in [6, 6.07) is 6.66. The number of ketones is 2. The van der Waals surface area contributed by atoms with Crippen LogP contribution in [0.5, 0.6) is 0 Å². The van der Waals surface area contributed by atoms with Crippen LogP contribution in [0.25, 0.3) is 0 Å². The number of carbonyl (C=O) groups is 2. The minimum Gasteiger partial charge on any atom is -0.295 e. The molecule has 0 aliphatic carbocycles. The van der Waals surface area contributed by atoms with Gasteiger partial charge in [0.15, 0.2) is 11.6 Å². The maximum Gasteiger partial charge on any atom is 0.159 e. The van der Waals surface area contributed by atoms with Crippen LogP contribution >= 0.6 is 0 Å². The standard InChI is InChI=1S/C10H10O2.C2H6.CH3F/c1-7(11)9-3-5-10(6-4-9)8(2)12;2*1-2/h3-6H,1-2H3;1-2H3;1H3. The molecule has 0 aliphatic heterocycles. The molecule has 0 aromatic heterocycles. The van der Waals surface area contributed by atoms with Crippen molar-refractivity contribution in [1.29, 1.82) is 0 Å². The molecule has 16 heavy (non-hydrogen) atoms. The fourth-order valence-electron chi connectivity index (χ4n) is 0.940. The zero-order valence-corrected chi connectivity index (χ0v) is 10.5. The van der Waals surface area contributed by atoms with Crippen LogP contribution in [-0.2, 0) is 0 Å². The summed E-state index contributed by atoms with van der Waals surface area (Å²) >= 11 is 0. The number of hydrogen-bond donors (Lipinski definition) is 0. The minimum atomic E-state index is 0.0186. The highest BCUT2D eigenvalue weighted by Gasteiger charge is 2.00. The predicted octanol–water partition coefficient (Wildman–Crippen LogP) is 3.70. The largest absolute Gasteiger partial charge is 0.295 e. The van der Waals surface area contributed by atoms with Crippen LogP contribution in [0.2, 0.25) is 0 Å². The lowest BCUT2D eigenvalue weighted by atomic mass is 10.1. The number of benzene rings is 1. The Kier molecular flexibility index (Phi) is 10.6. The monoisotopic (exact) mass is 226 g/mol. The first kappa shape index (κ1) is 16.9. The van der Waals surface area contributed by atoms with E-state index in [2.05, 4.69) is 0 Å². The second-order valence-corrected chi connectivity index (χ2v) is 2.69. The van der Waals surface area contributed by atoms with Gasteiger partial charge in [0, 0.05) is 11.1 Å². The van der Waals surface area contributed by atoms with E-state index in [4.69, 9.17) is 0 Å². The Morgan fingerprint density at radius 3 is 1.12 bits per heavy atom. The molecule has 0 saturated carbocycles. The van der Waals surface area contributed by atoms with Gasteiger partial charge in [0.2, 0.25) is 0 Å². The molecule has 0 aliphatic rings. The van der Waals surface area contributed by atoms with Gasteiger partial charge in [-0.05, 0) is 13.8 Å². The molecule has 0 spiro atoms. The molecule has 0 radical (unpaired) electrons. The van der Waals surface area contributed by atoms with E-state index < -0.39 is 0 Å². The highest BCUT2D eigenvalue weighted by molar-refractivity contribution is 5.97. The van der Waals surface area contributed by atoms with Crippen molar-refractivity contribution in [2.45, 2.75) is 27.7 Å². The molecule has 0 bridgehead atoms. The van der Waals surface area contributed by atoms with Crippen LogP contribution in [0.1, 0.15) is 48.4 Å². The van der Waals surface area contributed by atoms with Crippen molar-refractivity contribution >= 4 is 11.6 Å². The van der Waals surface area contributed by atoms with Gasteiger partial charge < -0.3 is 0 Å². The predicted molar refractivity (Wildman–Crippen MR) is 64.8 cm³/mol. The van der Waals surface area contributed by atoms with Crippen LogP contribution in [0.4, 0.5) is 4.39 Å². The molecular formula is C13H19FO2. The van der Waals surface area contributed by atoms with Gasteiger partial charge >= 0.3 is 0 Å². The molecule has 0 N–H and O–H groups in total. The quantitative estimate of drug-likeness (QED) is 0.720. The van der Waals surface area contributed by atoms with Crippen molar-refractivity contribution < 1.29 is 14.0 Å². The summed E-state index contributed by atoms with van der Waals surface area (Å²) in [6.07, 6.45) is 0. The van der Waals surface area contributed by atoms with Crippen LogP contribution in [0, 0.1) is 0 Å². The summed E-state index contributed by atoms with van der Waals surface area (Å²) in [5, 5.41) is 0. The van der Waals surface area contributed by atoms with E-state index in [0.29, 0.717) is 18.3 Å². The lowest BCUT2D eigenvalue weighted by Crippen LogP contribution is -1.95. The Labute approximate surface area is 96.5 Å². The SMILES string of the molecule is CC.CC(=O)c1ccc(C(C)=O)cc1.CF. The lowest BCUT2D eigenvalue weighted by molar-refractivity contribution is 0.100. The number of Topliss-reactive ketones (excluding diaryl/α,β-unsaturated/α-hetero) is 2. The second-order valence-electron chi connectivity index (χ2n) is 2.69. The van der Waals surface area contributed by atoms with Gasteiger partial charge in [0.25, 0.3) is 0 Å². The number of hydrogen-bond acceptors (Lipinski definition) is 2. The molecular weight excluding hydrogens is 207 g/mol. The third kappa shape index (κ3) is 6.06. The molecule has 0 saturated heterocycles. The van der Waals surface area contributed by atoms with Crippen molar-refractivity contribution in [3.8, 4) is 0 Å². The molecule has 1 rings (SSSR count). The second kappa shape index (κ2) is 10.0. The summed E-state index contributed by atoms with van der Waals surface area (Å²) in [6.45, 7) is 7.01. The van der Waals surface area contributed by atoms with Crippen molar-refractivity contribution in [3.63, 3.8) is 0 Å². The van der Waals surface area contributed by atoms with Gasteiger partial charge in [-0.25, -0.2) is 0 Å². The van der Waals surface area contributed by atoms with Gasteiger partial charge in [-0.2, -0.15) is 0 Å². The van der Waals surface area contributed by atoms with Crippen molar-refractivity contribution in [1.82, 2.24) is 0 Å². The van der Waals surface area contributed by atoms with Crippen LogP contribution in [-0.4, -0.2) is 18.7 Å². The molecule has 0 amide bonds. The number of halogens is 1. The smallest absolute Gasteiger partial charge is 0.159 e. The van der Waals surface area contributed by atoms with E-state index in [1.165, 1.54) is 13.8 Å². The zero-order valence-electron chi connectivity index (χ0n) is 10.5. The first-order valence-corrected chi connectivity index (χ1v) is 5.11. The van der Waals surface area contributed by atoms with E-state index in [9.17, 15) is 14.0 Å². The molecule has 0 unspecified atom stereocenters. The van der Waals surface area contributed by atoms with Gasteiger partial charge in [0.1, 0.15) is 0 Å². The third-order valence-electron chi connectivity index (χ3n) is 1.70. The summed E-state index contributed by atoms with van der Waals surface area (Å²) in [7, 11) is 0.500. The first-order chi connectivity index (χ1) is 7.61. The van der Waals surface area contributed by atoms with Gasteiger partial charge in [-0.3, -0.25) is 14.0 Å². The maximum absolute atomic E-state index is 10.8. The fraction of sp³-hybridized carbons (Fsp3) is 0.385. The molecule has 0 atom stereocenters. The van der Waals surface area contributed by atoms with Crippen molar-refractivity contribution in [2.24, 2.45) is 0 Å².